The summed E-state index contributed by atoms with van der Waals surface area (Å²) in [5, 5.41) is 18.0. The van der Waals surface area contributed by atoms with Crippen LogP contribution in [0.25, 0.3) is 0 Å². The molecule has 1 heterocycles. The van der Waals surface area contributed by atoms with Gasteiger partial charge >= 0.3 is 0 Å². The van der Waals surface area contributed by atoms with Crippen molar-refractivity contribution in [2.75, 3.05) is 5.32 Å². The molecule has 20 heavy (non-hydrogen) atoms. The summed E-state index contributed by atoms with van der Waals surface area (Å²) in [6.07, 6.45) is 0. The monoisotopic (exact) mass is 274 g/mol. The van der Waals surface area contributed by atoms with E-state index in [1.165, 1.54) is 0 Å². The van der Waals surface area contributed by atoms with Crippen molar-refractivity contribution in [3.8, 4) is 0 Å². The van der Waals surface area contributed by atoms with Crippen LogP contribution >= 0.6 is 0 Å². The lowest BCUT2D eigenvalue weighted by Gasteiger charge is -2.08. The Kier molecular flexibility index (Phi) is 4.04. The van der Waals surface area contributed by atoms with Gasteiger partial charge in [-0.05, 0) is 43.3 Å². The fraction of sp³-hybridized carbons (Fsp3) is 0.250. The largest absolute Gasteiger partial charge is 0.350 e. The number of nitrogens with zero attached hydrogens (tertiary/aromatic N) is 3. The lowest BCUT2D eigenvalue weighted by atomic mass is 10.2. The van der Waals surface area contributed by atoms with Gasteiger partial charge in [-0.3, -0.25) is 9.59 Å². The molecule has 0 atom stereocenters. The molecule has 0 aliphatic carbocycles. The van der Waals surface area contributed by atoms with Crippen LogP contribution in [0.5, 0.6) is 0 Å². The zero-order valence-corrected chi connectivity index (χ0v) is 11.0. The number of amides is 2. The van der Waals surface area contributed by atoms with Crippen LogP contribution in [-0.4, -0.2) is 38.5 Å². The van der Waals surface area contributed by atoms with Crippen LogP contribution < -0.4 is 10.6 Å². The predicted octanol–water partition coefficient (Wildman–Crippen LogP) is 0.590. The van der Waals surface area contributed by atoms with Crippen LogP contribution in [0, 0.1) is 0 Å². The summed E-state index contributed by atoms with van der Waals surface area (Å²) in [6, 6.07) is 6.59. The molecule has 2 amide bonds. The highest BCUT2D eigenvalue weighted by Gasteiger charge is 2.11. The number of aromatic amines is 1. The van der Waals surface area contributed by atoms with E-state index in [0.717, 1.165) is 0 Å². The SMILES string of the molecule is CC(C)NC(=O)c1ccc(NC(=O)c2nn[nH]n2)cc1. The number of rotatable bonds is 4. The number of H-pyrrole nitrogens is 1. The Morgan fingerprint density at radius 1 is 1.15 bits per heavy atom. The number of carbonyl (C=O) groups is 2. The molecule has 104 valence electrons. The first-order valence-electron chi connectivity index (χ1n) is 6.02. The minimum atomic E-state index is -0.474. The minimum Gasteiger partial charge on any atom is -0.350 e. The molecule has 0 saturated carbocycles. The maximum Gasteiger partial charge on any atom is 0.297 e. The van der Waals surface area contributed by atoms with Gasteiger partial charge in [-0.2, -0.15) is 5.21 Å². The smallest absolute Gasteiger partial charge is 0.297 e. The van der Waals surface area contributed by atoms with Crippen LogP contribution in [0.15, 0.2) is 24.3 Å². The lowest BCUT2D eigenvalue weighted by Crippen LogP contribution is -2.30. The normalized spacial score (nSPS) is 10.3. The van der Waals surface area contributed by atoms with Gasteiger partial charge in [0.25, 0.3) is 17.6 Å². The second-order valence-electron chi connectivity index (χ2n) is 4.40. The topological polar surface area (TPSA) is 113 Å². The Balaban J connectivity index is 2.01. The number of tetrazole rings is 1. The van der Waals surface area contributed by atoms with Crippen molar-refractivity contribution < 1.29 is 9.59 Å². The van der Waals surface area contributed by atoms with Crippen molar-refractivity contribution in [2.24, 2.45) is 0 Å². The summed E-state index contributed by atoms with van der Waals surface area (Å²) in [7, 11) is 0. The molecule has 0 radical (unpaired) electrons. The maximum absolute atomic E-state index is 11.7. The van der Waals surface area contributed by atoms with Crippen molar-refractivity contribution in [2.45, 2.75) is 19.9 Å². The van der Waals surface area contributed by atoms with Crippen LogP contribution in [0.4, 0.5) is 5.69 Å². The highest BCUT2D eigenvalue weighted by atomic mass is 16.2. The molecule has 0 saturated heterocycles. The van der Waals surface area contributed by atoms with E-state index in [4.69, 9.17) is 0 Å². The Hall–Kier alpha value is -2.77. The second-order valence-corrected chi connectivity index (χ2v) is 4.40. The van der Waals surface area contributed by atoms with Crippen LogP contribution in [0.1, 0.15) is 34.8 Å². The zero-order chi connectivity index (χ0) is 14.5. The number of carbonyl (C=O) groups excluding carboxylic acids is 2. The van der Waals surface area contributed by atoms with E-state index in [-0.39, 0.29) is 17.8 Å². The van der Waals surface area contributed by atoms with Gasteiger partial charge in [-0.25, -0.2) is 0 Å². The summed E-state index contributed by atoms with van der Waals surface area (Å²) in [5.41, 5.74) is 1.07. The second kappa shape index (κ2) is 5.91. The first kappa shape index (κ1) is 13.7. The molecule has 8 heteroatoms. The standard InChI is InChI=1S/C12H14N6O2/c1-7(2)13-11(19)8-3-5-9(6-4-8)14-12(20)10-15-17-18-16-10/h3-7H,1-2H3,(H,13,19)(H,14,20)(H,15,16,17,18). The molecule has 1 aromatic carbocycles. The maximum atomic E-state index is 11.7. The molecular formula is C12H14N6O2. The molecule has 2 rings (SSSR count). The van der Waals surface area contributed by atoms with Crippen molar-refractivity contribution in [1.82, 2.24) is 25.9 Å². The Morgan fingerprint density at radius 2 is 1.85 bits per heavy atom. The molecule has 0 spiro atoms. The van der Waals surface area contributed by atoms with Crippen LogP contribution in [0.3, 0.4) is 0 Å². The number of anilines is 1. The van der Waals surface area contributed by atoms with Gasteiger partial charge in [0.15, 0.2) is 0 Å². The zero-order valence-electron chi connectivity index (χ0n) is 11.0. The fourth-order valence-corrected chi connectivity index (χ4v) is 1.50. The summed E-state index contributed by atoms with van der Waals surface area (Å²) >= 11 is 0. The highest BCUT2D eigenvalue weighted by molar-refractivity contribution is 6.01. The van der Waals surface area contributed by atoms with Crippen LogP contribution in [-0.2, 0) is 0 Å². The summed E-state index contributed by atoms with van der Waals surface area (Å²) in [6.45, 7) is 3.77. The first-order chi connectivity index (χ1) is 9.56. The Morgan fingerprint density at radius 3 is 2.40 bits per heavy atom. The lowest BCUT2D eigenvalue weighted by molar-refractivity contribution is 0.0942. The van der Waals surface area contributed by atoms with E-state index >= 15 is 0 Å². The molecular weight excluding hydrogens is 260 g/mol. The Labute approximate surface area is 115 Å². The van der Waals surface area contributed by atoms with Crippen LogP contribution in [0.2, 0.25) is 0 Å². The van der Waals surface area contributed by atoms with Gasteiger partial charge < -0.3 is 10.6 Å². The fourth-order valence-electron chi connectivity index (χ4n) is 1.50. The van der Waals surface area contributed by atoms with E-state index in [2.05, 4.69) is 31.3 Å². The summed E-state index contributed by atoms with van der Waals surface area (Å²) < 4.78 is 0. The van der Waals surface area contributed by atoms with Gasteiger partial charge in [0.1, 0.15) is 0 Å². The number of aromatic nitrogens is 4. The predicted molar refractivity (Wildman–Crippen MR) is 71.2 cm³/mol. The van der Waals surface area contributed by atoms with Gasteiger partial charge in [0.05, 0.1) is 0 Å². The summed E-state index contributed by atoms with van der Waals surface area (Å²) in [5.74, 6) is -0.680. The Bertz CT molecular complexity index is 591. The van der Waals surface area contributed by atoms with Gasteiger partial charge in [-0.15, -0.1) is 10.2 Å². The van der Waals surface area contributed by atoms with Gasteiger partial charge in [0.2, 0.25) is 0 Å². The first-order valence-corrected chi connectivity index (χ1v) is 6.02. The number of hydrogen-bond donors (Lipinski definition) is 3. The number of benzene rings is 1. The van der Waals surface area contributed by atoms with E-state index in [1.54, 1.807) is 24.3 Å². The molecule has 3 N–H and O–H groups in total. The van der Waals surface area contributed by atoms with E-state index in [0.29, 0.717) is 11.3 Å². The van der Waals surface area contributed by atoms with Gasteiger partial charge in [0, 0.05) is 17.3 Å². The number of hydrogen-bond acceptors (Lipinski definition) is 5. The molecule has 0 fully saturated rings. The quantitative estimate of drug-likeness (QED) is 0.755. The van der Waals surface area contributed by atoms with Gasteiger partial charge in [-0.1, -0.05) is 0 Å². The third kappa shape index (κ3) is 3.37. The highest BCUT2D eigenvalue weighted by Crippen LogP contribution is 2.10. The van der Waals surface area contributed by atoms with Crippen molar-refractivity contribution >= 4 is 17.5 Å². The minimum absolute atomic E-state index is 0.0494. The molecule has 0 unspecified atom stereocenters. The molecule has 0 aliphatic rings. The average molecular weight is 274 g/mol. The van der Waals surface area contributed by atoms with E-state index in [1.807, 2.05) is 13.8 Å². The molecule has 1 aromatic heterocycles. The van der Waals surface area contributed by atoms with E-state index < -0.39 is 5.91 Å². The summed E-state index contributed by atoms with van der Waals surface area (Å²) in [4.78, 5) is 23.4. The van der Waals surface area contributed by atoms with Crippen molar-refractivity contribution in [3.63, 3.8) is 0 Å². The third-order valence-corrected chi connectivity index (χ3v) is 2.37. The average Bonchev–Trinajstić information content (AvgIpc) is 2.92. The van der Waals surface area contributed by atoms with Crippen molar-refractivity contribution in [1.29, 1.82) is 0 Å². The third-order valence-electron chi connectivity index (χ3n) is 2.37. The van der Waals surface area contributed by atoms with E-state index in [9.17, 15) is 9.59 Å². The molecule has 2 aromatic rings. The van der Waals surface area contributed by atoms with Crippen molar-refractivity contribution in [3.05, 3.63) is 35.7 Å². The molecule has 0 aliphatic heterocycles. The number of nitrogens with one attached hydrogen (secondary N) is 3. The molecule has 8 nitrogen and oxygen atoms in total. The molecule has 0 bridgehead atoms.